The molecule has 3 aromatic heterocycles. The van der Waals surface area contributed by atoms with E-state index in [9.17, 15) is 8.42 Å². The van der Waals surface area contributed by atoms with Crippen molar-refractivity contribution in [3.63, 3.8) is 0 Å². The molecule has 10 nitrogen and oxygen atoms in total. The zero-order valence-corrected chi connectivity index (χ0v) is 19.4. The number of nitrogens with one attached hydrogen (secondary N) is 2. The lowest BCUT2D eigenvalue weighted by Crippen LogP contribution is -2.23. The van der Waals surface area contributed by atoms with Crippen LogP contribution in [0.5, 0.6) is 0 Å². The summed E-state index contributed by atoms with van der Waals surface area (Å²) in [5.41, 5.74) is 4.31. The number of nitrogens with zero attached hydrogens (tertiary/aromatic N) is 6. The number of pyridine rings is 1. The van der Waals surface area contributed by atoms with Crippen molar-refractivity contribution in [3.8, 4) is 28.5 Å². The third-order valence-electron chi connectivity index (χ3n) is 5.75. The maximum Gasteiger partial charge on any atom is 0.260 e. The molecule has 11 heteroatoms. The maximum atomic E-state index is 12.5. The number of rotatable bonds is 5. The molecule has 0 saturated carbocycles. The topological polar surface area (TPSA) is 120 Å². The molecule has 0 bridgehead atoms. The quantitative estimate of drug-likeness (QED) is 0.385. The van der Waals surface area contributed by atoms with Crippen molar-refractivity contribution in [2.45, 2.75) is 11.6 Å². The summed E-state index contributed by atoms with van der Waals surface area (Å²) in [4.78, 5) is 4.52. The molecule has 1 aliphatic heterocycles. The molecule has 0 spiro atoms. The van der Waals surface area contributed by atoms with E-state index in [1.54, 1.807) is 19.4 Å². The first kappa shape index (κ1) is 21.2. The van der Waals surface area contributed by atoms with Crippen LogP contribution in [-0.4, -0.2) is 37.9 Å². The fourth-order valence-corrected chi connectivity index (χ4v) is 5.00. The van der Waals surface area contributed by atoms with Gasteiger partial charge in [0.25, 0.3) is 10.0 Å². The summed E-state index contributed by atoms with van der Waals surface area (Å²) in [6.07, 6.45) is 3.33. The van der Waals surface area contributed by atoms with Crippen molar-refractivity contribution in [1.82, 2.24) is 34.3 Å². The monoisotopic (exact) mass is 484 g/mol. The zero-order valence-electron chi connectivity index (χ0n) is 18.6. The molecule has 35 heavy (non-hydrogen) atoms. The van der Waals surface area contributed by atoms with Gasteiger partial charge < -0.3 is 5.32 Å². The van der Waals surface area contributed by atoms with E-state index in [1.165, 1.54) is 10.7 Å². The Hall–Kier alpha value is -4.35. The van der Waals surface area contributed by atoms with Crippen molar-refractivity contribution < 1.29 is 8.42 Å². The molecule has 0 saturated heterocycles. The van der Waals surface area contributed by atoms with Crippen LogP contribution in [0.2, 0.25) is 0 Å². The summed E-state index contributed by atoms with van der Waals surface area (Å²) < 4.78 is 31.0. The molecule has 0 amide bonds. The number of hydrogen-bond donors (Lipinski definition) is 2. The lowest BCUT2D eigenvalue weighted by molar-refractivity contribution is 0.573. The first-order valence-electron chi connectivity index (χ1n) is 10.9. The van der Waals surface area contributed by atoms with Gasteiger partial charge >= 0.3 is 0 Å². The highest BCUT2D eigenvalue weighted by Gasteiger charge is 2.25. The van der Waals surface area contributed by atoms with E-state index < -0.39 is 10.0 Å². The van der Waals surface area contributed by atoms with Crippen molar-refractivity contribution in [1.29, 1.82) is 0 Å². The highest BCUT2D eigenvalue weighted by molar-refractivity contribution is 7.89. The molecule has 174 valence electrons. The average molecular weight is 485 g/mol. The third kappa shape index (κ3) is 3.76. The van der Waals surface area contributed by atoms with Crippen LogP contribution in [0.15, 0.2) is 84.1 Å². The highest BCUT2D eigenvalue weighted by Crippen LogP contribution is 2.38. The second-order valence-corrected chi connectivity index (χ2v) is 9.79. The van der Waals surface area contributed by atoms with Crippen LogP contribution in [0.25, 0.3) is 28.5 Å². The zero-order chi connectivity index (χ0) is 24.0. The van der Waals surface area contributed by atoms with E-state index in [-0.39, 0.29) is 11.6 Å². The summed E-state index contributed by atoms with van der Waals surface area (Å²) in [5.74, 6) is 2.08. The van der Waals surface area contributed by atoms with Crippen LogP contribution in [0.1, 0.15) is 5.56 Å². The van der Waals surface area contributed by atoms with Gasteiger partial charge in [0, 0.05) is 37.1 Å². The molecule has 0 atom stereocenters. The Morgan fingerprint density at radius 3 is 2.54 bits per heavy atom. The lowest BCUT2D eigenvalue weighted by Gasteiger charge is -2.11. The van der Waals surface area contributed by atoms with Gasteiger partial charge in [-0.25, -0.2) is 18.1 Å². The normalized spacial score (nSPS) is 12.3. The molecular formula is C24H20N8O2S. The second-order valence-electron chi connectivity index (χ2n) is 8.07. The SMILES string of the molecule is Cn1ccc(S(=O)(=O)NCc2ccc(-c3nnc4n3-c3cccnc3Nc3ccccc3-4)cc2)n1. The number of anilines is 2. The molecule has 5 aromatic rings. The molecule has 6 rings (SSSR count). The summed E-state index contributed by atoms with van der Waals surface area (Å²) in [7, 11) is -2.02. The molecule has 1 aliphatic rings. The number of benzene rings is 2. The molecule has 2 N–H and O–H groups in total. The predicted octanol–water partition coefficient (Wildman–Crippen LogP) is 3.27. The standard InChI is InChI=1S/C24H20N8O2S/c1-31-14-12-21(30-31)35(33,34)26-15-16-8-10-17(11-9-16)23-28-29-24-18-5-2-3-6-19(18)27-22-20(32(23)24)7-4-13-25-22/h2-14,26H,15H2,1H3,(H,25,27). The van der Waals surface area contributed by atoms with E-state index in [0.29, 0.717) is 17.5 Å². The molecule has 4 heterocycles. The average Bonchev–Trinajstić information content (AvgIpc) is 3.48. The number of sulfonamides is 1. The van der Waals surface area contributed by atoms with E-state index in [4.69, 9.17) is 0 Å². The summed E-state index contributed by atoms with van der Waals surface area (Å²) in [6, 6.07) is 20.8. The first-order valence-corrected chi connectivity index (χ1v) is 12.3. The van der Waals surface area contributed by atoms with Gasteiger partial charge in [-0.3, -0.25) is 9.25 Å². The van der Waals surface area contributed by atoms with Crippen molar-refractivity contribution in [2.75, 3.05) is 5.32 Å². The van der Waals surface area contributed by atoms with Gasteiger partial charge in [-0.2, -0.15) is 5.10 Å². The third-order valence-corrected chi connectivity index (χ3v) is 7.05. The number of aromatic nitrogens is 6. The Morgan fingerprint density at radius 1 is 0.943 bits per heavy atom. The van der Waals surface area contributed by atoms with Crippen LogP contribution >= 0.6 is 0 Å². The minimum atomic E-state index is -3.69. The molecule has 2 aromatic carbocycles. The molecular weight excluding hydrogens is 464 g/mol. The number of para-hydroxylation sites is 1. The maximum absolute atomic E-state index is 12.5. The van der Waals surface area contributed by atoms with E-state index in [2.05, 4.69) is 30.3 Å². The van der Waals surface area contributed by atoms with Crippen LogP contribution in [-0.2, 0) is 23.6 Å². The van der Waals surface area contributed by atoms with Crippen molar-refractivity contribution in [2.24, 2.45) is 7.05 Å². The molecule has 0 aliphatic carbocycles. The first-order chi connectivity index (χ1) is 17.0. The number of hydrogen-bond acceptors (Lipinski definition) is 7. The largest absolute Gasteiger partial charge is 0.338 e. The Labute approximate surface area is 201 Å². The minimum Gasteiger partial charge on any atom is -0.338 e. The summed E-state index contributed by atoms with van der Waals surface area (Å²) >= 11 is 0. The Bertz CT molecular complexity index is 1660. The minimum absolute atomic E-state index is 0.0102. The Morgan fingerprint density at radius 2 is 1.74 bits per heavy atom. The second kappa shape index (κ2) is 8.15. The van der Waals surface area contributed by atoms with Gasteiger partial charge in [-0.05, 0) is 35.9 Å². The summed E-state index contributed by atoms with van der Waals surface area (Å²) in [6.45, 7) is 0.140. The van der Waals surface area contributed by atoms with Crippen LogP contribution < -0.4 is 10.0 Å². The lowest BCUT2D eigenvalue weighted by atomic mass is 10.1. The van der Waals surface area contributed by atoms with Gasteiger partial charge in [0.05, 0.1) is 11.4 Å². The molecule has 0 unspecified atom stereocenters. The van der Waals surface area contributed by atoms with Crippen LogP contribution in [0.3, 0.4) is 0 Å². The Kier molecular flexibility index (Phi) is 4.94. The predicted molar refractivity (Wildman–Crippen MR) is 131 cm³/mol. The van der Waals surface area contributed by atoms with E-state index >= 15 is 0 Å². The van der Waals surface area contributed by atoms with E-state index in [0.717, 1.165) is 28.1 Å². The van der Waals surface area contributed by atoms with Crippen LogP contribution in [0, 0.1) is 0 Å². The molecule has 0 radical (unpaired) electrons. The van der Waals surface area contributed by atoms with Crippen molar-refractivity contribution in [3.05, 3.63) is 84.7 Å². The van der Waals surface area contributed by atoms with Gasteiger partial charge in [0.2, 0.25) is 0 Å². The fourth-order valence-electron chi connectivity index (χ4n) is 4.02. The van der Waals surface area contributed by atoms with Gasteiger partial charge in [0.15, 0.2) is 22.5 Å². The smallest absolute Gasteiger partial charge is 0.260 e. The summed E-state index contributed by atoms with van der Waals surface area (Å²) in [5, 5.41) is 16.4. The van der Waals surface area contributed by atoms with Gasteiger partial charge in [-0.1, -0.05) is 36.4 Å². The van der Waals surface area contributed by atoms with E-state index in [1.807, 2.05) is 65.2 Å². The number of fused-ring (bicyclic) bond motifs is 5. The Balaban J connectivity index is 1.34. The van der Waals surface area contributed by atoms with Gasteiger partial charge in [0.1, 0.15) is 0 Å². The molecule has 0 fully saturated rings. The van der Waals surface area contributed by atoms with Gasteiger partial charge in [-0.15, -0.1) is 10.2 Å². The highest BCUT2D eigenvalue weighted by atomic mass is 32.2. The fraction of sp³-hybridized carbons (Fsp3) is 0.0833. The van der Waals surface area contributed by atoms with Crippen molar-refractivity contribution >= 4 is 21.5 Å². The van der Waals surface area contributed by atoms with Crippen LogP contribution in [0.4, 0.5) is 11.5 Å². The number of aryl methyl sites for hydroxylation is 1.